The van der Waals surface area contributed by atoms with E-state index < -0.39 is 0 Å². The Labute approximate surface area is 106 Å². The predicted octanol–water partition coefficient (Wildman–Crippen LogP) is 3.14. The third-order valence-electron chi connectivity index (χ3n) is 3.59. The quantitative estimate of drug-likeness (QED) is 0.836. The van der Waals surface area contributed by atoms with Gasteiger partial charge in [-0.25, -0.2) is 4.98 Å². The lowest BCUT2D eigenvalue weighted by Crippen LogP contribution is -2.15. The number of hydrogen-bond donors (Lipinski definition) is 1. The van der Waals surface area contributed by atoms with Crippen molar-refractivity contribution in [3.63, 3.8) is 0 Å². The molecule has 1 N–H and O–H groups in total. The standard InChI is InChI=1S/C15H17NO2/c1-10-2-3-13-12(8-10)9-14(17)15(16-13)11-4-6-18-7-5-11/h2-3,8-9,11,17H,4-7H2,1H3. The smallest absolute Gasteiger partial charge is 0.138 e. The molecule has 0 unspecified atom stereocenters. The highest BCUT2D eigenvalue weighted by Gasteiger charge is 2.20. The van der Waals surface area contributed by atoms with Crippen LogP contribution in [0.2, 0.25) is 0 Å². The Kier molecular flexibility index (Phi) is 2.92. The van der Waals surface area contributed by atoms with E-state index in [1.165, 1.54) is 5.56 Å². The maximum Gasteiger partial charge on any atom is 0.138 e. The molecular formula is C15H17NO2. The van der Waals surface area contributed by atoms with Gasteiger partial charge in [-0.1, -0.05) is 11.6 Å². The minimum Gasteiger partial charge on any atom is -0.506 e. The third kappa shape index (κ3) is 2.06. The summed E-state index contributed by atoms with van der Waals surface area (Å²) in [5.74, 6) is 0.643. The van der Waals surface area contributed by atoms with Crippen molar-refractivity contribution in [2.45, 2.75) is 25.7 Å². The molecule has 0 saturated carbocycles. The van der Waals surface area contributed by atoms with E-state index in [0.717, 1.165) is 42.7 Å². The van der Waals surface area contributed by atoms with E-state index in [1.807, 2.05) is 19.1 Å². The Balaban J connectivity index is 2.06. The molecule has 1 fully saturated rings. The minimum absolute atomic E-state index is 0.319. The molecule has 18 heavy (non-hydrogen) atoms. The molecule has 0 spiro atoms. The van der Waals surface area contributed by atoms with Gasteiger partial charge in [-0.15, -0.1) is 0 Å². The van der Waals surface area contributed by atoms with E-state index in [1.54, 1.807) is 0 Å². The van der Waals surface area contributed by atoms with Gasteiger partial charge in [0.15, 0.2) is 0 Å². The zero-order valence-electron chi connectivity index (χ0n) is 10.5. The molecule has 1 aromatic heterocycles. The second-order valence-corrected chi connectivity index (χ2v) is 4.98. The number of pyridine rings is 1. The summed E-state index contributed by atoms with van der Waals surface area (Å²) in [6.45, 7) is 3.57. The average molecular weight is 243 g/mol. The summed E-state index contributed by atoms with van der Waals surface area (Å²) in [5.41, 5.74) is 2.97. The van der Waals surface area contributed by atoms with Crippen LogP contribution in [-0.4, -0.2) is 23.3 Å². The number of hydrogen-bond acceptors (Lipinski definition) is 3. The zero-order valence-corrected chi connectivity index (χ0v) is 10.5. The fraction of sp³-hybridized carbons (Fsp3) is 0.400. The first-order valence-corrected chi connectivity index (χ1v) is 6.42. The van der Waals surface area contributed by atoms with Crippen molar-refractivity contribution in [3.05, 3.63) is 35.5 Å². The Morgan fingerprint density at radius 3 is 2.78 bits per heavy atom. The van der Waals surface area contributed by atoms with Gasteiger partial charge < -0.3 is 9.84 Å². The summed E-state index contributed by atoms with van der Waals surface area (Å²) < 4.78 is 5.35. The fourth-order valence-corrected chi connectivity index (χ4v) is 2.57. The highest BCUT2D eigenvalue weighted by molar-refractivity contribution is 5.81. The van der Waals surface area contributed by atoms with Crippen molar-refractivity contribution >= 4 is 10.9 Å². The SMILES string of the molecule is Cc1ccc2nc(C3CCOCC3)c(O)cc2c1. The first-order valence-electron chi connectivity index (χ1n) is 6.42. The van der Waals surface area contributed by atoms with Crippen molar-refractivity contribution in [1.29, 1.82) is 0 Å². The summed E-state index contributed by atoms with van der Waals surface area (Å²) in [6, 6.07) is 7.96. The van der Waals surface area contributed by atoms with Crippen LogP contribution in [0.1, 0.15) is 30.0 Å². The van der Waals surface area contributed by atoms with Gasteiger partial charge in [0, 0.05) is 24.5 Å². The molecule has 0 radical (unpaired) electrons. The summed E-state index contributed by atoms with van der Waals surface area (Å²) >= 11 is 0. The van der Waals surface area contributed by atoms with Gasteiger partial charge in [0.1, 0.15) is 5.75 Å². The molecule has 3 heteroatoms. The van der Waals surface area contributed by atoms with E-state index in [-0.39, 0.29) is 0 Å². The molecule has 2 heterocycles. The van der Waals surface area contributed by atoms with Crippen LogP contribution in [0.5, 0.6) is 5.75 Å². The van der Waals surface area contributed by atoms with E-state index in [4.69, 9.17) is 4.74 Å². The van der Waals surface area contributed by atoms with Crippen LogP contribution in [0, 0.1) is 6.92 Å². The van der Waals surface area contributed by atoms with Crippen LogP contribution in [-0.2, 0) is 4.74 Å². The first kappa shape index (κ1) is 11.5. The highest BCUT2D eigenvalue weighted by Crippen LogP contribution is 2.33. The molecule has 0 amide bonds. The van der Waals surface area contributed by atoms with Crippen LogP contribution < -0.4 is 0 Å². The largest absolute Gasteiger partial charge is 0.506 e. The molecule has 1 aliphatic heterocycles. The Bertz CT molecular complexity index is 574. The molecule has 2 aromatic rings. The van der Waals surface area contributed by atoms with Crippen LogP contribution in [0.4, 0.5) is 0 Å². The molecule has 0 bridgehead atoms. The fourth-order valence-electron chi connectivity index (χ4n) is 2.57. The summed E-state index contributed by atoms with van der Waals surface area (Å²) in [7, 11) is 0. The molecular weight excluding hydrogens is 226 g/mol. The Hall–Kier alpha value is -1.61. The van der Waals surface area contributed by atoms with E-state index in [0.29, 0.717) is 11.7 Å². The summed E-state index contributed by atoms with van der Waals surface area (Å²) in [6.07, 6.45) is 1.88. The van der Waals surface area contributed by atoms with Crippen LogP contribution in [0.3, 0.4) is 0 Å². The molecule has 1 aliphatic rings. The normalized spacial score (nSPS) is 17.2. The molecule has 1 aromatic carbocycles. The van der Waals surface area contributed by atoms with Crippen molar-refractivity contribution < 1.29 is 9.84 Å². The Morgan fingerprint density at radius 2 is 2.00 bits per heavy atom. The lowest BCUT2D eigenvalue weighted by atomic mass is 9.94. The molecule has 0 atom stereocenters. The van der Waals surface area contributed by atoms with Gasteiger partial charge in [-0.2, -0.15) is 0 Å². The van der Waals surface area contributed by atoms with E-state index >= 15 is 0 Å². The van der Waals surface area contributed by atoms with Gasteiger partial charge in [0.25, 0.3) is 0 Å². The number of aryl methyl sites for hydroxylation is 1. The molecule has 94 valence electrons. The first-order chi connectivity index (χ1) is 8.74. The number of rotatable bonds is 1. The number of benzene rings is 1. The Morgan fingerprint density at radius 1 is 1.22 bits per heavy atom. The number of ether oxygens (including phenoxy) is 1. The van der Waals surface area contributed by atoms with Gasteiger partial charge in [0.2, 0.25) is 0 Å². The van der Waals surface area contributed by atoms with Crippen molar-refractivity contribution in [1.82, 2.24) is 4.98 Å². The molecule has 1 saturated heterocycles. The van der Waals surface area contributed by atoms with Crippen molar-refractivity contribution in [2.24, 2.45) is 0 Å². The van der Waals surface area contributed by atoms with Gasteiger partial charge >= 0.3 is 0 Å². The second kappa shape index (κ2) is 4.58. The zero-order chi connectivity index (χ0) is 12.5. The van der Waals surface area contributed by atoms with E-state index in [9.17, 15) is 5.11 Å². The number of aromatic nitrogens is 1. The summed E-state index contributed by atoms with van der Waals surface area (Å²) in [4.78, 5) is 4.63. The minimum atomic E-state index is 0.319. The summed E-state index contributed by atoms with van der Waals surface area (Å²) in [5, 5.41) is 11.2. The number of fused-ring (bicyclic) bond motifs is 1. The van der Waals surface area contributed by atoms with Gasteiger partial charge in [-0.05, 0) is 38.0 Å². The van der Waals surface area contributed by atoms with Crippen LogP contribution in [0.15, 0.2) is 24.3 Å². The molecule has 0 aliphatic carbocycles. The van der Waals surface area contributed by atoms with Crippen LogP contribution >= 0.6 is 0 Å². The number of aromatic hydroxyl groups is 1. The maximum atomic E-state index is 10.1. The topological polar surface area (TPSA) is 42.4 Å². The van der Waals surface area contributed by atoms with E-state index in [2.05, 4.69) is 17.1 Å². The average Bonchev–Trinajstić information content (AvgIpc) is 2.39. The van der Waals surface area contributed by atoms with Crippen molar-refractivity contribution in [3.8, 4) is 5.75 Å². The lowest BCUT2D eigenvalue weighted by Gasteiger charge is -2.22. The lowest BCUT2D eigenvalue weighted by molar-refractivity contribution is 0.0840. The second-order valence-electron chi connectivity index (χ2n) is 4.98. The third-order valence-corrected chi connectivity index (χ3v) is 3.59. The van der Waals surface area contributed by atoms with Gasteiger partial charge in [0.05, 0.1) is 11.2 Å². The monoisotopic (exact) mass is 243 g/mol. The molecule has 3 rings (SSSR count). The highest BCUT2D eigenvalue weighted by atomic mass is 16.5. The van der Waals surface area contributed by atoms with Crippen molar-refractivity contribution in [2.75, 3.05) is 13.2 Å². The molecule has 3 nitrogen and oxygen atoms in total. The number of nitrogens with zero attached hydrogens (tertiary/aromatic N) is 1. The maximum absolute atomic E-state index is 10.1. The van der Waals surface area contributed by atoms with Crippen LogP contribution in [0.25, 0.3) is 10.9 Å². The predicted molar refractivity (Wildman–Crippen MR) is 70.9 cm³/mol. The van der Waals surface area contributed by atoms with Gasteiger partial charge in [-0.3, -0.25) is 0 Å².